The molecule has 0 aromatic carbocycles. The molecule has 1 saturated carbocycles. The van der Waals surface area contributed by atoms with Gasteiger partial charge in [0.05, 0.1) is 7.11 Å². The van der Waals surface area contributed by atoms with Crippen molar-refractivity contribution in [2.24, 2.45) is 0 Å². The van der Waals surface area contributed by atoms with Crippen LogP contribution in [0.3, 0.4) is 0 Å². The molecule has 6 heteroatoms. The van der Waals surface area contributed by atoms with Crippen molar-refractivity contribution in [3.05, 3.63) is 36.0 Å². The fourth-order valence-electron chi connectivity index (χ4n) is 3.29. The summed E-state index contributed by atoms with van der Waals surface area (Å²) in [6, 6.07) is 0. The number of hydrogen-bond acceptors (Lipinski definition) is 5. The van der Waals surface area contributed by atoms with Gasteiger partial charge >= 0.3 is 5.97 Å². The number of allylic oxidation sites excluding steroid dienone is 4. The Morgan fingerprint density at radius 1 is 1.26 bits per heavy atom. The van der Waals surface area contributed by atoms with Crippen LogP contribution >= 0.6 is 22.6 Å². The van der Waals surface area contributed by atoms with Crippen LogP contribution in [0.15, 0.2) is 36.0 Å². The number of ketones is 1. The van der Waals surface area contributed by atoms with Gasteiger partial charge in [0, 0.05) is 18.4 Å². The Bertz CT molecular complexity index is 638. The first-order valence-corrected chi connectivity index (χ1v) is 10.7. The van der Waals surface area contributed by atoms with Crippen LogP contribution in [0.25, 0.3) is 0 Å². The van der Waals surface area contributed by atoms with Gasteiger partial charge in [0.25, 0.3) is 0 Å². The molecule has 0 aromatic heterocycles. The summed E-state index contributed by atoms with van der Waals surface area (Å²) < 4.78 is 9.21. The summed E-state index contributed by atoms with van der Waals surface area (Å²) in [6.07, 6.45) is 15.6. The number of hydrogen-bond donors (Lipinski definition) is 1. The molecule has 0 aromatic rings. The molecule has 2 fully saturated rings. The number of fused-ring (bicyclic) bond motifs is 1. The highest BCUT2D eigenvalue weighted by atomic mass is 127. The first-order valence-electron chi connectivity index (χ1n) is 9.63. The van der Waals surface area contributed by atoms with Gasteiger partial charge in [0.1, 0.15) is 11.7 Å². The van der Waals surface area contributed by atoms with E-state index < -0.39 is 15.3 Å². The molecule has 3 atom stereocenters. The van der Waals surface area contributed by atoms with Crippen molar-refractivity contribution in [1.82, 2.24) is 0 Å². The number of carbonyl (C=O) groups excluding carboxylic acids is 2. The van der Waals surface area contributed by atoms with E-state index in [-0.39, 0.29) is 11.8 Å². The van der Waals surface area contributed by atoms with E-state index in [0.717, 1.165) is 12.8 Å². The molecule has 0 amide bonds. The Morgan fingerprint density at radius 3 is 2.70 bits per heavy atom. The smallest absolute Gasteiger partial charge is 0.305 e. The average molecular weight is 488 g/mol. The topological polar surface area (TPSA) is 76.1 Å². The summed E-state index contributed by atoms with van der Waals surface area (Å²) in [5, 5.41) is 11.1. The number of rotatable bonds is 11. The van der Waals surface area contributed by atoms with Crippen molar-refractivity contribution in [3.63, 3.8) is 0 Å². The van der Waals surface area contributed by atoms with Crippen LogP contribution in [0.1, 0.15) is 58.3 Å². The van der Waals surface area contributed by atoms with Gasteiger partial charge in [-0.15, -0.1) is 0 Å². The summed E-state index contributed by atoms with van der Waals surface area (Å²) >= 11 is 2.00. The predicted molar refractivity (Wildman–Crippen MR) is 113 cm³/mol. The minimum atomic E-state index is -1.27. The lowest BCUT2D eigenvalue weighted by Crippen LogP contribution is -2.35. The number of unbranched alkanes of at least 4 members (excludes halogenated alkanes) is 4. The van der Waals surface area contributed by atoms with Crippen LogP contribution in [0, 0.1) is 0 Å². The first-order chi connectivity index (χ1) is 12.9. The number of halogens is 1. The largest absolute Gasteiger partial charge is 0.469 e. The van der Waals surface area contributed by atoms with E-state index in [0.29, 0.717) is 31.3 Å². The van der Waals surface area contributed by atoms with Gasteiger partial charge in [-0.25, -0.2) is 0 Å². The fraction of sp³-hybridized carbons (Fsp3) is 0.619. The molecule has 1 heterocycles. The molecule has 0 radical (unpaired) electrons. The van der Waals surface area contributed by atoms with Crippen molar-refractivity contribution >= 4 is 34.3 Å². The van der Waals surface area contributed by atoms with E-state index in [2.05, 4.69) is 17.7 Å². The fourth-order valence-corrected chi connectivity index (χ4v) is 4.35. The Labute approximate surface area is 175 Å². The highest BCUT2D eigenvalue weighted by molar-refractivity contribution is 14.1. The number of epoxide rings is 1. The Kier molecular flexibility index (Phi) is 8.24. The standard InChI is InChI=1S/C21H29IO5/c1-3-4-5-6-9-12-15-20(25)16(18(24)21(22)19(20)27-21)13-10-7-8-11-14-17(23)26-2/h7,9-10,12-13,19,25H,3-6,8,11,14-15H2,1-2H3/b10-7-,12-9-,16-13-/t19-,20-,21-/m0/s1. The van der Waals surface area contributed by atoms with Crippen LogP contribution in [-0.4, -0.2) is 39.3 Å². The third-order valence-corrected chi connectivity index (χ3v) is 6.28. The average Bonchev–Trinajstić information content (AvgIpc) is 3.33. The number of alkyl halides is 1. The molecule has 0 unspecified atom stereocenters. The first kappa shape index (κ1) is 22.3. The minimum Gasteiger partial charge on any atom is -0.469 e. The molecule has 5 nitrogen and oxygen atoms in total. The van der Waals surface area contributed by atoms with Crippen LogP contribution in [-0.2, 0) is 19.1 Å². The normalized spacial score (nSPS) is 31.2. The molecule has 0 spiro atoms. The summed E-state index contributed by atoms with van der Waals surface area (Å²) in [6.45, 7) is 2.17. The molecule has 2 rings (SSSR count). The quantitative estimate of drug-likeness (QED) is 0.0899. The van der Waals surface area contributed by atoms with Crippen LogP contribution in [0.4, 0.5) is 0 Å². The van der Waals surface area contributed by atoms with E-state index in [1.165, 1.54) is 20.0 Å². The van der Waals surface area contributed by atoms with Gasteiger partial charge in [0.15, 0.2) is 0 Å². The number of Topliss-reactive ketones (excluding diaryl/α,β-unsaturated/α-hetero) is 1. The zero-order valence-corrected chi connectivity index (χ0v) is 18.2. The van der Waals surface area contributed by atoms with Gasteiger partial charge in [-0.2, -0.15) is 0 Å². The van der Waals surface area contributed by atoms with E-state index in [9.17, 15) is 14.7 Å². The lowest BCUT2D eigenvalue weighted by Gasteiger charge is -2.23. The third kappa shape index (κ3) is 5.29. The van der Waals surface area contributed by atoms with Gasteiger partial charge < -0.3 is 14.6 Å². The maximum Gasteiger partial charge on any atom is 0.305 e. The number of carbonyl (C=O) groups is 2. The summed E-state index contributed by atoms with van der Waals surface area (Å²) in [5.41, 5.74) is -0.855. The number of methoxy groups -OCH3 is 1. The SMILES string of the molecule is CCCCC/C=C\C[C@]1(O)/C(=C\C=C/CCCC(=O)OC)C(=O)[C@]2(I)O[C@H]21. The molecular formula is C21H29IO5. The molecule has 150 valence electrons. The van der Waals surface area contributed by atoms with E-state index in [1.54, 1.807) is 12.2 Å². The summed E-state index contributed by atoms with van der Waals surface area (Å²) in [7, 11) is 1.38. The van der Waals surface area contributed by atoms with Crippen molar-refractivity contribution in [2.75, 3.05) is 7.11 Å². The maximum absolute atomic E-state index is 12.6. The predicted octanol–water partition coefficient (Wildman–Crippen LogP) is 4.18. The zero-order chi connectivity index (χ0) is 19.9. The Balaban J connectivity index is 1.95. The molecule has 1 aliphatic heterocycles. The van der Waals surface area contributed by atoms with Crippen molar-refractivity contribution in [1.29, 1.82) is 0 Å². The molecule has 1 N–H and O–H groups in total. The van der Waals surface area contributed by atoms with E-state index in [4.69, 9.17) is 4.74 Å². The summed E-state index contributed by atoms with van der Waals surface area (Å²) in [5.74, 6) is -0.369. The molecule has 0 bridgehead atoms. The molecule has 1 aliphatic carbocycles. The number of ether oxygens (including phenoxy) is 2. The lowest BCUT2D eigenvalue weighted by molar-refractivity contribution is -0.140. The molecule has 27 heavy (non-hydrogen) atoms. The van der Waals surface area contributed by atoms with Crippen molar-refractivity contribution < 1.29 is 24.2 Å². The van der Waals surface area contributed by atoms with Crippen LogP contribution in [0.2, 0.25) is 0 Å². The third-order valence-electron chi connectivity index (χ3n) is 4.97. The second kappa shape index (κ2) is 9.98. The Hall–Kier alpha value is -0.990. The highest BCUT2D eigenvalue weighted by Gasteiger charge is 2.77. The van der Waals surface area contributed by atoms with Crippen LogP contribution < -0.4 is 0 Å². The second-order valence-corrected chi connectivity index (χ2v) is 8.65. The summed E-state index contributed by atoms with van der Waals surface area (Å²) in [4.78, 5) is 23.7. The molecule has 1 saturated heterocycles. The lowest BCUT2D eigenvalue weighted by atomic mass is 9.90. The Morgan fingerprint density at radius 2 is 2.00 bits per heavy atom. The molecule has 2 aliphatic rings. The van der Waals surface area contributed by atoms with Crippen molar-refractivity contribution in [3.8, 4) is 0 Å². The van der Waals surface area contributed by atoms with Crippen molar-refractivity contribution in [2.45, 2.75) is 73.6 Å². The monoisotopic (exact) mass is 488 g/mol. The van der Waals surface area contributed by atoms with Crippen LogP contribution in [0.5, 0.6) is 0 Å². The van der Waals surface area contributed by atoms with E-state index >= 15 is 0 Å². The van der Waals surface area contributed by atoms with Gasteiger partial charge in [-0.1, -0.05) is 50.1 Å². The van der Waals surface area contributed by atoms with E-state index in [1.807, 2.05) is 34.7 Å². The van der Waals surface area contributed by atoms with Gasteiger partial charge in [0.2, 0.25) is 9.39 Å². The number of esters is 1. The maximum atomic E-state index is 12.6. The zero-order valence-electron chi connectivity index (χ0n) is 16.1. The second-order valence-electron chi connectivity index (χ2n) is 7.04. The minimum absolute atomic E-state index is 0.144. The number of aliphatic hydroxyl groups is 1. The van der Waals surface area contributed by atoms with Gasteiger partial charge in [-0.3, -0.25) is 9.59 Å². The highest BCUT2D eigenvalue weighted by Crippen LogP contribution is 2.60. The van der Waals surface area contributed by atoms with Gasteiger partial charge in [-0.05, 0) is 48.3 Å². The molecular weight excluding hydrogens is 459 g/mol.